The number of nitrogens with one attached hydrogen (secondary N) is 1. The number of carbonyl (C=O) groups is 2. The Hall–Kier alpha value is -2.02. The van der Waals surface area contributed by atoms with Crippen molar-refractivity contribution in [1.29, 1.82) is 0 Å². The summed E-state index contributed by atoms with van der Waals surface area (Å²) >= 11 is 5.64. The van der Waals surface area contributed by atoms with Crippen LogP contribution in [0, 0.1) is 0 Å². The molecule has 4 nitrogen and oxygen atoms in total. The molecule has 1 amide bonds. The van der Waals surface area contributed by atoms with Gasteiger partial charge in [-0.25, -0.2) is 4.79 Å². The minimum absolute atomic E-state index is 0.105. The molecule has 1 rings (SSSR count). The minimum Gasteiger partial charge on any atom is -0.464 e. The molecule has 126 valence electrons. The number of amides is 1. The van der Waals surface area contributed by atoms with Crippen LogP contribution in [0.4, 0.5) is 13.2 Å². The summed E-state index contributed by atoms with van der Waals surface area (Å²) in [6.07, 6.45) is -4.34. The fraction of sp³-hybridized carbons (Fsp3) is 0.333. The highest BCUT2D eigenvalue weighted by Gasteiger charge is 2.35. The zero-order chi connectivity index (χ0) is 17.6. The molecular formula is C15H15ClF3NO3. The number of alkyl halides is 3. The molecule has 1 N–H and O–H groups in total. The monoisotopic (exact) mass is 349 g/mol. The fourth-order valence-electron chi connectivity index (χ4n) is 1.67. The Bertz CT molecular complexity index is 597. The molecule has 1 aromatic rings. The number of hydrogen-bond donors (Lipinski definition) is 1. The number of hydrogen-bond acceptors (Lipinski definition) is 3. The van der Waals surface area contributed by atoms with E-state index in [1.165, 1.54) is 19.1 Å². The average molecular weight is 350 g/mol. The largest absolute Gasteiger partial charge is 0.464 e. The second-order valence-corrected chi connectivity index (χ2v) is 4.98. The summed E-state index contributed by atoms with van der Waals surface area (Å²) in [5, 5.41) is 2.41. The first-order chi connectivity index (χ1) is 10.6. The standard InChI is InChI=1S/C15H15ClF3NO3/c1-3-23-14(22)9(2)20-13(21)8-12(15(17,18)19)10-4-6-11(16)7-5-10/h4-9H,3H2,1-2H3,(H,20,21)/b12-8-. The normalized spacial score (nSPS) is 13.4. The molecule has 0 bridgehead atoms. The molecular weight excluding hydrogens is 335 g/mol. The Kier molecular flexibility index (Phi) is 6.62. The molecule has 0 aliphatic heterocycles. The Labute approximate surface area is 136 Å². The van der Waals surface area contributed by atoms with Gasteiger partial charge in [0.15, 0.2) is 0 Å². The molecule has 0 spiro atoms. The molecule has 1 unspecified atom stereocenters. The summed E-state index contributed by atoms with van der Waals surface area (Å²) < 4.78 is 44.0. The first-order valence-electron chi connectivity index (χ1n) is 6.67. The fourth-order valence-corrected chi connectivity index (χ4v) is 1.80. The number of halogens is 4. The van der Waals surface area contributed by atoms with Gasteiger partial charge in [0.1, 0.15) is 6.04 Å². The van der Waals surface area contributed by atoms with Crippen LogP contribution in [0.15, 0.2) is 30.3 Å². The van der Waals surface area contributed by atoms with Crippen LogP contribution in [0.5, 0.6) is 0 Å². The number of rotatable bonds is 5. The van der Waals surface area contributed by atoms with Crippen molar-refractivity contribution in [2.45, 2.75) is 26.1 Å². The molecule has 0 aliphatic carbocycles. The van der Waals surface area contributed by atoms with Crippen molar-refractivity contribution in [1.82, 2.24) is 5.32 Å². The Morgan fingerprint density at radius 1 is 1.30 bits per heavy atom. The lowest BCUT2D eigenvalue weighted by Crippen LogP contribution is -2.39. The van der Waals surface area contributed by atoms with E-state index in [4.69, 9.17) is 11.6 Å². The zero-order valence-corrected chi connectivity index (χ0v) is 13.2. The van der Waals surface area contributed by atoms with Gasteiger partial charge in [0.25, 0.3) is 0 Å². The lowest BCUT2D eigenvalue weighted by molar-refractivity contribution is -0.146. The summed E-state index contributed by atoms with van der Waals surface area (Å²) in [6.45, 7) is 3.00. The van der Waals surface area contributed by atoms with Crippen LogP contribution >= 0.6 is 11.6 Å². The number of ether oxygens (including phenoxy) is 1. The number of benzene rings is 1. The maximum Gasteiger partial charge on any atom is 0.417 e. The molecule has 8 heteroatoms. The van der Waals surface area contributed by atoms with Crippen molar-refractivity contribution < 1.29 is 27.5 Å². The topological polar surface area (TPSA) is 55.4 Å². The van der Waals surface area contributed by atoms with Crippen LogP contribution in [0.1, 0.15) is 19.4 Å². The van der Waals surface area contributed by atoms with E-state index < -0.39 is 29.7 Å². The maximum atomic E-state index is 13.1. The van der Waals surface area contributed by atoms with Gasteiger partial charge in [-0.05, 0) is 31.5 Å². The van der Waals surface area contributed by atoms with Crippen LogP contribution in [0.25, 0.3) is 5.57 Å². The van der Waals surface area contributed by atoms with Crippen LogP contribution in [0.2, 0.25) is 5.02 Å². The maximum absolute atomic E-state index is 13.1. The van der Waals surface area contributed by atoms with E-state index in [-0.39, 0.29) is 17.2 Å². The Balaban J connectivity index is 2.99. The van der Waals surface area contributed by atoms with Crippen molar-refractivity contribution in [2.24, 2.45) is 0 Å². The summed E-state index contributed by atoms with van der Waals surface area (Å²) in [5.41, 5.74) is -1.34. The second kappa shape index (κ2) is 8.01. The van der Waals surface area contributed by atoms with Crippen LogP contribution in [-0.4, -0.2) is 30.7 Å². The van der Waals surface area contributed by atoms with Gasteiger partial charge in [0.05, 0.1) is 12.2 Å². The van der Waals surface area contributed by atoms with Crippen molar-refractivity contribution in [3.63, 3.8) is 0 Å². The molecule has 23 heavy (non-hydrogen) atoms. The van der Waals surface area contributed by atoms with E-state index in [1.54, 1.807) is 6.92 Å². The van der Waals surface area contributed by atoms with E-state index in [1.807, 2.05) is 0 Å². The smallest absolute Gasteiger partial charge is 0.417 e. The number of esters is 1. The van der Waals surface area contributed by atoms with E-state index in [0.717, 1.165) is 12.1 Å². The van der Waals surface area contributed by atoms with Gasteiger partial charge < -0.3 is 10.1 Å². The highest BCUT2D eigenvalue weighted by atomic mass is 35.5. The highest BCUT2D eigenvalue weighted by molar-refractivity contribution is 6.30. The van der Waals surface area contributed by atoms with Crippen LogP contribution in [-0.2, 0) is 14.3 Å². The lowest BCUT2D eigenvalue weighted by atomic mass is 10.0. The predicted molar refractivity (Wildman–Crippen MR) is 79.7 cm³/mol. The van der Waals surface area contributed by atoms with Gasteiger partial charge in [-0.15, -0.1) is 0 Å². The summed E-state index contributed by atoms with van der Waals surface area (Å²) in [5.74, 6) is -1.78. The zero-order valence-electron chi connectivity index (χ0n) is 12.4. The Morgan fingerprint density at radius 3 is 2.35 bits per heavy atom. The van der Waals surface area contributed by atoms with E-state index in [2.05, 4.69) is 10.1 Å². The molecule has 0 fully saturated rings. The molecule has 1 aromatic carbocycles. The molecule has 0 heterocycles. The second-order valence-electron chi connectivity index (χ2n) is 4.54. The van der Waals surface area contributed by atoms with Crippen molar-refractivity contribution in [3.05, 3.63) is 40.9 Å². The van der Waals surface area contributed by atoms with Gasteiger partial charge >= 0.3 is 12.1 Å². The first-order valence-corrected chi connectivity index (χ1v) is 7.05. The summed E-state index contributed by atoms with van der Waals surface area (Å²) in [6, 6.07) is 3.83. The molecule has 0 aromatic heterocycles. The van der Waals surface area contributed by atoms with E-state index in [0.29, 0.717) is 6.08 Å². The SMILES string of the molecule is CCOC(=O)C(C)NC(=O)/C=C(/c1ccc(Cl)cc1)C(F)(F)F. The van der Waals surface area contributed by atoms with Crippen molar-refractivity contribution in [3.8, 4) is 0 Å². The van der Waals surface area contributed by atoms with E-state index >= 15 is 0 Å². The third-order valence-corrected chi connectivity index (χ3v) is 2.99. The average Bonchev–Trinajstić information content (AvgIpc) is 2.45. The van der Waals surface area contributed by atoms with Crippen LogP contribution in [0.3, 0.4) is 0 Å². The molecule has 1 atom stereocenters. The quantitative estimate of drug-likeness (QED) is 0.655. The van der Waals surface area contributed by atoms with Gasteiger partial charge in [-0.3, -0.25) is 4.79 Å². The van der Waals surface area contributed by atoms with Gasteiger partial charge in [0.2, 0.25) is 5.91 Å². The first kappa shape index (κ1) is 19.0. The summed E-state index contributed by atoms with van der Waals surface area (Å²) in [4.78, 5) is 23.1. The predicted octanol–water partition coefficient (Wildman–Crippen LogP) is 3.35. The van der Waals surface area contributed by atoms with Gasteiger partial charge in [0, 0.05) is 11.1 Å². The number of carbonyl (C=O) groups excluding carboxylic acids is 2. The van der Waals surface area contributed by atoms with E-state index in [9.17, 15) is 22.8 Å². The van der Waals surface area contributed by atoms with Crippen molar-refractivity contribution >= 4 is 29.1 Å². The lowest BCUT2D eigenvalue weighted by Gasteiger charge is -2.14. The van der Waals surface area contributed by atoms with Gasteiger partial charge in [-0.2, -0.15) is 13.2 Å². The van der Waals surface area contributed by atoms with Crippen molar-refractivity contribution in [2.75, 3.05) is 6.61 Å². The molecule has 0 saturated carbocycles. The minimum atomic E-state index is -4.74. The summed E-state index contributed by atoms with van der Waals surface area (Å²) in [7, 11) is 0. The van der Waals surface area contributed by atoms with Crippen LogP contribution < -0.4 is 5.32 Å². The third kappa shape index (κ3) is 5.94. The molecule has 0 saturated heterocycles. The molecule has 0 radical (unpaired) electrons. The Morgan fingerprint density at radius 2 is 1.87 bits per heavy atom. The molecule has 0 aliphatic rings. The van der Waals surface area contributed by atoms with Gasteiger partial charge in [-0.1, -0.05) is 23.7 Å². The number of allylic oxidation sites excluding steroid dienone is 1. The third-order valence-electron chi connectivity index (χ3n) is 2.73. The highest BCUT2D eigenvalue weighted by Crippen LogP contribution is 2.34.